The zero-order valence-corrected chi connectivity index (χ0v) is 19.6. The van der Waals surface area contributed by atoms with Crippen molar-refractivity contribution in [3.63, 3.8) is 0 Å². The van der Waals surface area contributed by atoms with Gasteiger partial charge in [0.1, 0.15) is 17.7 Å². The summed E-state index contributed by atoms with van der Waals surface area (Å²) in [6.07, 6.45) is 0.531. The van der Waals surface area contributed by atoms with Gasteiger partial charge in [-0.25, -0.2) is 4.39 Å². The smallest absolute Gasteiger partial charge is 0.320 e. The molecule has 7 heteroatoms. The molecule has 4 N–H and O–H groups in total. The molecule has 0 amide bonds. The lowest BCUT2D eigenvalue weighted by atomic mass is 9.98. The highest BCUT2D eigenvalue weighted by atomic mass is 19.1. The molecule has 0 aliphatic rings. The average molecular weight is 464 g/mol. The number of halogens is 1. The van der Waals surface area contributed by atoms with Crippen LogP contribution in [0.5, 0.6) is 0 Å². The number of anilines is 1. The minimum atomic E-state index is -0.877. The Bertz CT molecular complexity index is 1260. The molecule has 6 nitrogen and oxygen atoms in total. The predicted molar refractivity (Wildman–Crippen MR) is 133 cm³/mol. The average Bonchev–Trinajstić information content (AvgIpc) is 2.78. The van der Waals surface area contributed by atoms with Crippen LogP contribution in [0.2, 0.25) is 0 Å². The lowest BCUT2D eigenvalue weighted by Gasteiger charge is -2.17. The van der Waals surface area contributed by atoms with Gasteiger partial charge >= 0.3 is 5.97 Å². The molecule has 1 aromatic heterocycles. The van der Waals surface area contributed by atoms with Crippen molar-refractivity contribution in [2.24, 2.45) is 5.92 Å². The third kappa shape index (κ3) is 5.61. The molecule has 0 saturated heterocycles. The number of carboxylic acid groups (broad SMARTS) is 1. The number of aliphatic carboxylic acids is 1. The van der Waals surface area contributed by atoms with Crippen LogP contribution < -0.4 is 16.6 Å². The maximum Gasteiger partial charge on any atom is 0.320 e. The SMILES string of the molecule is C=C(c1ccc(F)c(C)c1)c1ccc(=O)n(-c2ccc(CN[C@@H](CC(C)C)C(=O)O)cc2)c1N. The first-order chi connectivity index (χ1) is 16.1. The standard InChI is InChI=1S/C27H30FN3O3/c1-16(2)13-24(27(33)34)30-15-19-5-8-21(9-6-19)31-25(32)12-10-22(26(31)29)18(4)20-7-11-23(28)17(3)14-20/h5-12,14,16,24,30H,4,13,15,29H2,1-3H3,(H,33,34)/t24-/m0/s1. The van der Waals surface area contributed by atoms with Gasteiger partial charge in [-0.3, -0.25) is 14.2 Å². The van der Waals surface area contributed by atoms with Crippen LogP contribution in [-0.4, -0.2) is 21.7 Å². The van der Waals surface area contributed by atoms with Gasteiger partial charge in [0.15, 0.2) is 0 Å². The van der Waals surface area contributed by atoms with Gasteiger partial charge in [0.2, 0.25) is 0 Å². The molecule has 0 unspecified atom stereocenters. The third-order valence-electron chi connectivity index (χ3n) is 5.71. The van der Waals surface area contributed by atoms with Crippen LogP contribution in [0.15, 0.2) is 66.0 Å². The summed E-state index contributed by atoms with van der Waals surface area (Å²) in [5, 5.41) is 12.5. The van der Waals surface area contributed by atoms with E-state index in [1.54, 1.807) is 37.3 Å². The highest BCUT2D eigenvalue weighted by Crippen LogP contribution is 2.28. The Morgan fingerprint density at radius 3 is 2.41 bits per heavy atom. The minimum Gasteiger partial charge on any atom is -0.480 e. The molecule has 0 aliphatic heterocycles. The molecule has 0 radical (unpaired) electrons. The fourth-order valence-corrected chi connectivity index (χ4v) is 3.81. The van der Waals surface area contributed by atoms with E-state index in [9.17, 15) is 19.1 Å². The van der Waals surface area contributed by atoms with Crippen molar-refractivity contribution in [3.05, 3.63) is 99.6 Å². The predicted octanol–water partition coefficient (Wildman–Crippen LogP) is 4.52. The van der Waals surface area contributed by atoms with E-state index in [-0.39, 0.29) is 23.1 Å². The number of aromatic nitrogens is 1. The number of hydrogen-bond acceptors (Lipinski definition) is 4. The summed E-state index contributed by atoms with van der Waals surface area (Å²) in [6, 6.07) is 14.3. The molecule has 1 atom stereocenters. The van der Waals surface area contributed by atoms with E-state index in [1.165, 1.54) is 16.7 Å². The van der Waals surface area contributed by atoms with Gasteiger partial charge in [0.05, 0.1) is 5.69 Å². The molecular weight excluding hydrogens is 433 g/mol. The summed E-state index contributed by atoms with van der Waals surface area (Å²) in [5.74, 6) is -0.694. The number of rotatable bonds is 9. The Hall–Kier alpha value is -3.71. The number of nitrogens with two attached hydrogens (primary N) is 1. The molecule has 1 heterocycles. The van der Waals surface area contributed by atoms with E-state index in [0.717, 1.165) is 5.56 Å². The molecule has 34 heavy (non-hydrogen) atoms. The summed E-state index contributed by atoms with van der Waals surface area (Å²) in [5.41, 5.74) is 9.92. The lowest BCUT2D eigenvalue weighted by Crippen LogP contribution is -2.37. The minimum absolute atomic E-state index is 0.230. The summed E-state index contributed by atoms with van der Waals surface area (Å²) in [6.45, 7) is 10.1. The normalized spacial score (nSPS) is 12.0. The zero-order chi connectivity index (χ0) is 25.0. The van der Waals surface area contributed by atoms with E-state index < -0.39 is 12.0 Å². The Morgan fingerprint density at radius 1 is 1.15 bits per heavy atom. The van der Waals surface area contributed by atoms with Crippen molar-refractivity contribution in [3.8, 4) is 5.69 Å². The molecular formula is C27H30FN3O3. The highest BCUT2D eigenvalue weighted by molar-refractivity contribution is 5.83. The largest absolute Gasteiger partial charge is 0.480 e. The van der Waals surface area contributed by atoms with Crippen LogP contribution in [-0.2, 0) is 11.3 Å². The van der Waals surface area contributed by atoms with Crippen LogP contribution in [0.25, 0.3) is 11.3 Å². The van der Waals surface area contributed by atoms with E-state index in [1.807, 2.05) is 26.0 Å². The van der Waals surface area contributed by atoms with Crippen LogP contribution in [0, 0.1) is 18.7 Å². The van der Waals surface area contributed by atoms with Crippen molar-refractivity contribution in [2.45, 2.75) is 39.8 Å². The van der Waals surface area contributed by atoms with Gasteiger partial charge in [0, 0.05) is 18.2 Å². The van der Waals surface area contributed by atoms with Gasteiger partial charge in [-0.1, -0.05) is 38.6 Å². The van der Waals surface area contributed by atoms with Crippen LogP contribution in [0.4, 0.5) is 10.2 Å². The molecule has 2 aromatic carbocycles. The number of carboxylic acids is 1. The van der Waals surface area contributed by atoms with Gasteiger partial charge in [-0.2, -0.15) is 0 Å². The number of aryl methyl sites for hydroxylation is 1. The van der Waals surface area contributed by atoms with Crippen molar-refractivity contribution < 1.29 is 14.3 Å². The fraction of sp³-hybridized carbons (Fsp3) is 0.259. The molecule has 0 fully saturated rings. The van der Waals surface area contributed by atoms with Crippen LogP contribution >= 0.6 is 0 Å². The van der Waals surface area contributed by atoms with Crippen molar-refractivity contribution in [1.29, 1.82) is 0 Å². The van der Waals surface area contributed by atoms with E-state index >= 15 is 0 Å². The molecule has 0 spiro atoms. The number of pyridine rings is 1. The van der Waals surface area contributed by atoms with Crippen molar-refractivity contribution in [2.75, 3.05) is 5.73 Å². The molecule has 3 rings (SSSR count). The molecule has 0 bridgehead atoms. The first-order valence-corrected chi connectivity index (χ1v) is 11.1. The Balaban J connectivity index is 1.86. The van der Waals surface area contributed by atoms with Crippen molar-refractivity contribution >= 4 is 17.4 Å². The van der Waals surface area contributed by atoms with Gasteiger partial charge < -0.3 is 16.2 Å². The molecule has 178 valence electrons. The molecule has 0 saturated carbocycles. The quantitative estimate of drug-likeness (QED) is 0.434. The topological polar surface area (TPSA) is 97.3 Å². The first kappa shape index (κ1) is 24.9. The van der Waals surface area contributed by atoms with Gasteiger partial charge in [-0.15, -0.1) is 0 Å². The van der Waals surface area contributed by atoms with Gasteiger partial charge in [0.25, 0.3) is 5.56 Å². The Kier molecular flexibility index (Phi) is 7.68. The van der Waals surface area contributed by atoms with E-state index in [4.69, 9.17) is 5.73 Å². The fourth-order valence-electron chi connectivity index (χ4n) is 3.81. The number of benzene rings is 2. The van der Waals surface area contributed by atoms with Crippen molar-refractivity contribution in [1.82, 2.24) is 9.88 Å². The van der Waals surface area contributed by atoms with E-state index in [0.29, 0.717) is 40.9 Å². The molecule has 3 aromatic rings. The second-order valence-corrected chi connectivity index (χ2v) is 8.82. The number of carbonyl (C=O) groups is 1. The first-order valence-electron chi connectivity index (χ1n) is 11.1. The monoisotopic (exact) mass is 463 g/mol. The number of nitrogens with one attached hydrogen (secondary N) is 1. The number of nitrogens with zero attached hydrogens (tertiary/aromatic N) is 1. The van der Waals surface area contributed by atoms with Crippen LogP contribution in [0.1, 0.15) is 42.5 Å². The highest BCUT2D eigenvalue weighted by Gasteiger charge is 2.18. The number of hydrogen-bond donors (Lipinski definition) is 3. The summed E-state index contributed by atoms with van der Waals surface area (Å²) >= 11 is 0. The second kappa shape index (κ2) is 10.5. The lowest BCUT2D eigenvalue weighted by molar-refractivity contribution is -0.140. The number of nitrogen functional groups attached to an aromatic ring is 1. The Morgan fingerprint density at radius 2 is 1.82 bits per heavy atom. The zero-order valence-electron chi connectivity index (χ0n) is 19.6. The third-order valence-corrected chi connectivity index (χ3v) is 5.71. The molecule has 0 aliphatic carbocycles. The second-order valence-electron chi connectivity index (χ2n) is 8.82. The maximum atomic E-state index is 13.7. The Labute approximate surface area is 198 Å². The van der Waals surface area contributed by atoms with E-state index in [2.05, 4.69) is 11.9 Å². The maximum absolute atomic E-state index is 13.7. The summed E-state index contributed by atoms with van der Waals surface area (Å²) < 4.78 is 15.1. The summed E-state index contributed by atoms with van der Waals surface area (Å²) in [7, 11) is 0. The summed E-state index contributed by atoms with van der Waals surface area (Å²) in [4.78, 5) is 24.1. The van der Waals surface area contributed by atoms with Gasteiger partial charge in [-0.05, 0) is 71.9 Å². The van der Waals surface area contributed by atoms with Crippen LogP contribution in [0.3, 0.4) is 0 Å².